The highest BCUT2D eigenvalue weighted by Crippen LogP contribution is 2.44. The molecule has 3 aliphatic heterocycles. The van der Waals surface area contributed by atoms with Gasteiger partial charge >= 0.3 is 23.5 Å². The maximum absolute atomic E-state index is 12.8. The molecule has 4 N–H and O–H groups in total. The van der Waals surface area contributed by atoms with Crippen LogP contribution in [-0.2, 0) is 33.4 Å². The van der Waals surface area contributed by atoms with Crippen molar-refractivity contribution in [3.05, 3.63) is 67.4 Å². The third-order valence-corrected chi connectivity index (χ3v) is 13.7. The van der Waals surface area contributed by atoms with Gasteiger partial charge in [0.05, 0.1) is 27.7 Å². The fourth-order valence-electron chi connectivity index (χ4n) is 8.77. The Balaban J connectivity index is 0.000000237. The number of hydroxylamine groups is 1. The number of carbonyl (C=O) groups is 3. The molecule has 10 atom stereocenters. The molecule has 3 saturated heterocycles. The van der Waals surface area contributed by atoms with Crippen LogP contribution in [0.2, 0.25) is 0 Å². The summed E-state index contributed by atoms with van der Waals surface area (Å²) < 4.78 is 51.6. The van der Waals surface area contributed by atoms with E-state index in [-0.39, 0.29) is 69.2 Å². The van der Waals surface area contributed by atoms with E-state index in [9.17, 15) is 39.3 Å². The quantitative estimate of drug-likeness (QED) is 0.0189. The second-order valence-electron chi connectivity index (χ2n) is 17.7. The van der Waals surface area contributed by atoms with Gasteiger partial charge in [0.2, 0.25) is 18.7 Å². The molecule has 7 rings (SSSR count). The highest BCUT2D eigenvalue weighted by molar-refractivity contribution is 6.06. The number of nitrogens with zero attached hydrogens (tertiary/aromatic N) is 1. The molecule has 0 spiro atoms. The van der Waals surface area contributed by atoms with Crippen molar-refractivity contribution in [1.82, 2.24) is 5.48 Å². The fourth-order valence-corrected chi connectivity index (χ4v) is 8.77. The minimum Gasteiger partial charge on any atom is -0.506 e. The third kappa shape index (κ3) is 10.3. The van der Waals surface area contributed by atoms with Crippen LogP contribution in [-0.4, -0.2) is 101 Å². The summed E-state index contributed by atoms with van der Waals surface area (Å²) >= 11 is 0. The topological polar surface area (TPSA) is 280 Å². The lowest BCUT2D eigenvalue weighted by Crippen LogP contribution is -2.62. The number of aliphatic hydroxyl groups excluding tert-OH is 1. The van der Waals surface area contributed by atoms with Gasteiger partial charge in [-0.05, 0) is 71.2 Å². The number of Topliss-reactive ketones (excluding diaryl/α,β-unsaturated/α-hetero) is 1. The number of fused-ring (bicyclic) bond motifs is 3. The number of carbonyl (C=O) groups excluding carboxylic acids is 3. The van der Waals surface area contributed by atoms with Crippen LogP contribution >= 0.6 is 0 Å². The van der Waals surface area contributed by atoms with Crippen molar-refractivity contribution in [2.75, 3.05) is 13.7 Å². The summed E-state index contributed by atoms with van der Waals surface area (Å²) in [6.45, 7) is 17.8. The van der Waals surface area contributed by atoms with Crippen LogP contribution in [0.5, 0.6) is 23.0 Å². The van der Waals surface area contributed by atoms with Gasteiger partial charge in [-0.15, -0.1) is 6.42 Å². The minimum absolute atomic E-state index is 0.0565. The maximum atomic E-state index is 12.8. The monoisotopic (exact) mass is 992 g/mol. The van der Waals surface area contributed by atoms with Crippen LogP contribution in [0.15, 0.2) is 47.8 Å². The summed E-state index contributed by atoms with van der Waals surface area (Å²) in [5, 5.41) is 36.8. The van der Waals surface area contributed by atoms with Crippen molar-refractivity contribution in [3.8, 4) is 35.3 Å². The summed E-state index contributed by atoms with van der Waals surface area (Å²) in [6, 6.07) is 6.14. The molecule has 2 aromatic heterocycles. The molecular weight excluding hydrogens is 933 g/mol. The number of hydrogen-bond acceptors (Lipinski definition) is 20. The Labute approximate surface area is 408 Å². The largest absolute Gasteiger partial charge is 0.509 e. The van der Waals surface area contributed by atoms with E-state index in [1.54, 1.807) is 46.8 Å². The lowest BCUT2D eigenvalue weighted by molar-refractivity contribution is -0.290. The Kier molecular flexibility index (Phi) is 16.3. The standard InChI is InChI=1S/C27H34N2O10.C23H26O9/c1-8-13-35-29-26(33)38-23-15(5)27(6,10-3)39-25(21(23)31)36-18-12-11-16-20(30)19(17(9-2)28-34-7)24(32)37-22(16)14(18)4;1-6-13(24)15-16(25)12-8-9-14(10(3)17(12)29-20(15)26)28-21-19-18(30-22(27)31-19)11(4)23(5,7-2)32-21/h1,11-12,15,21,23,25,30-31H,9-10,13H2,2-7H3,(H,29,33);8-9,11,18-19,21,25H,6-7H2,1-5H3/b28-17-;/t15-,21-,23-,25?,27+;11-,18-,19-,21?,23+/m11/s1. The average molecular weight is 993 g/mol. The molecule has 0 saturated carbocycles. The molecule has 4 aromatic rings. The van der Waals surface area contributed by atoms with Crippen LogP contribution in [0.3, 0.4) is 0 Å². The van der Waals surface area contributed by atoms with Gasteiger partial charge in [0.1, 0.15) is 65.1 Å². The Morgan fingerprint density at radius 3 is 1.85 bits per heavy atom. The van der Waals surface area contributed by atoms with Crippen molar-refractivity contribution in [3.63, 3.8) is 0 Å². The first-order valence-electron chi connectivity index (χ1n) is 23.1. The molecule has 0 bridgehead atoms. The number of rotatable bonds is 14. The van der Waals surface area contributed by atoms with Crippen LogP contribution in [0.4, 0.5) is 9.59 Å². The van der Waals surface area contributed by atoms with Gasteiger partial charge in [0, 0.05) is 29.4 Å². The molecule has 384 valence electrons. The molecule has 2 unspecified atom stereocenters. The Bertz CT molecular complexity index is 2870. The van der Waals surface area contributed by atoms with E-state index in [0.29, 0.717) is 36.1 Å². The van der Waals surface area contributed by atoms with Gasteiger partial charge in [-0.1, -0.05) is 52.6 Å². The van der Waals surface area contributed by atoms with Crippen LogP contribution in [0.1, 0.15) is 108 Å². The Hall–Kier alpha value is -6.86. The predicted molar refractivity (Wildman–Crippen MR) is 252 cm³/mol. The summed E-state index contributed by atoms with van der Waals surface area (Å²) in [5.41, 5.74) is -0.358. The molecule has 21 nitrogen and oxygen atoms in total. The van der Waals surface area contributed by atoms with Crippen LogP contribution < -0.4 is 26.2 Å². The maximum Gasteiger partial charge on any atom is 0.509 e. The lowest BCUT2D eigenvalue weighted by Gasteiger charge is -2.48. The number of aliphatic hydroxyl groups is 1. The highest BCUT2D eigenvalue weighted by Gasteiger charge is 2.58. The summed E-state index contributed by atoms with van der Waals surface area (Å²) in [5.74, 6) is 0.964. The first-order valence-corrected chi connectivity index (χ1v) is 23.1. The molecule has 0 aliphatic carbocycles. The first-order chi connectivity index (χ1) is 33.6. The molecule has 5 heterocycles. The van der Waals surface area contributed by atoms with Gasteiger partial charge in [0.25, 0.3) is 0 Å². The number of ketones is 1. The van der Waals surface area contributed by atoms with Gasteiger partial charge in [0.15, 0.2) is 18.0 Å². The van der Waals surface area contributed by atoms with Crippen molar-refractivity contribution in [1.29, 1.82) is 0 Å². The second kappa shape index (κ2) is 21.6. The number of amides is 1. The van der Waals surface area contributed by atoms with Gasteiger partial charge in [-0.2, -0.15) is 5.48 Å². The number of ether oxygens (including phenoxy) is 7. The summed E-state index contributed by atoms with van der Waals surface area (Å²) in [4.78, 5) is 70.9. The first kappa shape index (κ1) is 53.5. The molecular formula is C50H60N2O19. The smallest absolute Gasteiger partial charge is 0.506 e. The zero-order valence-corrected chi connectivity index (χ0v) is 41.4. The SMILES string of the molecule is C#CCONC(=O)O[C@@H]1[C@@H](C)[C@](C)(CC)OC(Oc2ccc3c(O)c(/C(CC)=N\OC)c(=O)oc3c2C)[C@@H]1O.CCC(=O)c1c(O)c2ccc(OC3O[C@@](C)(CC)[C@H](C)[C@H]4OC(=O)O[C@@H]34)c(C)c2oc1=O. The molecule has 2 aromatic carbocycles. The second-order valence-corrected chi connectivity index (χ2v) is 17.7. The van der Waals surface area contributed by atoms with Gasteiger partial charge in [-0.3, -0.25) is 9.63 Å². The Morgan fingerprint density at radius 2 is 1.31 bits per heavy atom. The van der Waals surface area contributed by atoms with Crippen molar-refractivity contribution >= 4 is 45.7 Å². The van der Waals surface area contributed by atoms with E-state index in [4.69, 9.17) is 58.1 Å². The number of terminal acetylenes is 1. The molecule has 3 aliphatic rings. The summed E-state index contributed by atoms with van der Waals surface area (Å²) in [7, 11) is 1.34. The van der Waals surface area contributed by atoms with E-state index in [1.165, 1.54) is 19.2 Å². The number of nitrogens with one attached hydrogen (secondary N) is 1. The van der Waals surface area contributed by atoms with Gasteiger partial charge < -0.3 is 62.1 Å². The van der Waals surface area contributed by atoms with Crippen LogP contribution in [0, 0.1) is 38.0 Å². The van der Waals surface area contributed by atoms with E-state index in [0.717, 1.165) is 0 Å². The number of aryl methyl sites for hydroxylation is 2. The molecule has 0 radical (unpaired) electrons. The normalized spacial score (nSPS) is 27.0. The molecule has 3 fully saturated rings. The zero-order valence-electron chi connectivity index (χ0n) is 41.4. The van der Waals surface area contributed by atoms with Gasteiger partial charge in [-0.25, -0.2) is 19.2 Å². The molecule has 21 heteroatoms. The van der Waals surface area contributed by atoms with E-state index >= 15 is 0 Å². The number of aromatic hydroxyl groups is 2. The summed E-state index contributed by atoms with van der Waals surface area (Å²) in [6.07, 6.45) is -0.988. The highest BCUT2D eigenvalue weighted by atomic mass is 16.8. The number of benzene rings is 2. The van der Waals surface area contributed by atoms with E-state index in [1.807, 2.05) is 34.6 Å². The van der Waals surface area contributed by atoms with E-state index in [2.05, 4.69) is 16.6 Å². The number of hydrogen-bond donors (Lipinski definition) is 4. The zero-order chi connectivity index (χ0) is 52.3. The molecule has 1 amide bonds. The van der Waals surface area contributed by atoms with Crippen molar-refractivity contribution in [2.45, 2.75) is 143 Å². The predicted octanol–water partition coefficient (Wildman–Crippen LogP) is 6.97. The van der Waals surface area contributed by atoms with E-state index < -0.39 is 89.1 Å². The van der Waals surface area contributed by atoms with Crippen molar-refractivity contribution < 1.29 is 81.4 Å². The molecule has 71 heavy (non-hydrogen) atoms. The minimum atomic E-state index is -1.40. The lowest BCUT2D eigenvalue weighted by atomic mass is 9.79. The third-order valence-electron chi connectivity index (χ3n) is 13.7. The number of oxime groups is 1. The fraction of sp³-hybridized carbons (Fsp3) is 0.520. The average Bonchev–Trinajstić information content (AvgIpc) is 3.74. The van der Waals surface area contributed by atoms with Crippen molar-refractivity contribution in [2.24, 2.45) is 17.0 Å². The Morgan fingerprint density at radius 1 is 0.789 bits per heavy atom. The van der Waals surface area contributed by atoms with Crippen LogP contribution in [0.25, 0.3) is 21.9 Å².